The van der Waals surface area contributed by atoms with E-state index in [9.17, 15) is 18.3 Å². The first kappa shape index (κ1) is 13.8. The minimum Gasteiger partial charge on any atom is -0.507 e. The molecule has 1 heterocycles. The zero-order valence-electron chi connectivity index (χ0n) is 10.0. The largest absolute Gasteiger partial charge is 0.507 e. The molecule has 1 unspecified atom stereocenters. The predicted molar refractivity (Wildman–Crippen MR) is 65.8 cm³/mol. The van der Waals surface area contributed by atoms with Gasteiger partial charge in [-0.15, -0.1) is 0 Å². The van der Waals surface area contributed by atoms with Crippen LogP contribution in [0.2, 0.25) is 0 Å². The van der Waals surface area contributed by atoms with E-state index in [-0.39, 0.29) is 30.4 Å². The Labute approximate surface area is 110 Å². The molecule has 1 aliphatic heterocycles. The second-order valence-electron chi connectivity index (χ2n) is 4.08. The zero-order valence-corrected chi connectivity index (χ0v) is 10.8. The number of nitrogens with zero attached hydrogens (tertiary/aromatic N) is 1. The molecule has 1 amide bonds. The highest BCUT2D eigenvalue weighted by Gasteiger charge is 2.38. The Hall–Kier alpha value is -1.64. The van der Waals surface area contributed by atoms with Crippen LogP contribution in [0.1, 0.15) is 0 Å². The normalized spacial score (nSPS) is 21.2. The molecule has 1 aromatic carbocycles. The number of phenolic OH excluding ortho intramolecular Hbond substituents is 1. The first-order valence-electron chi connectivity index (χ1n) is 5.61. The van der Waals surface area contributed by atoms with Crippen molar-refractivity contribution in [3.8, 4) is 5.75 Å². The number of morpholine rings is 1. The van der Waals surface area contributed by atoms with Crippen molar-refractivity contribution in [1.29, 1.82) is 0 Å². The van der Waals surface area contributed by atoms with Crippen molar-refractivity contribution < 1.29 is 23.1 Å². The number of carbonyl (C=O) groups is 1. The van der Waals surface area contributed by atoms with Gasteiger partial charge in [-0.3, -0.25) is 4.79 Å². The van der Waals surface area contributed by atoms with E-state index in [0.29, 0.717) is 0 Å². The highest BCUT2D eigenvalue weighted by atomic mass is 32.2. The van der Waals surface area contributed by atoms with E-state index in [1.165, 1.54) is 24.3 Å². The highest BCUT2D eigenvalue weighted by Crippen LogP contribution is 2.27. The lowest BCUT2D eigenvalue weighted by Crippen LogP contribution is -2.54. The number of benzene rings is 1. The maximum Gasteiger partial charge on any atom is 0.247 e. The Bertz CT molecular complexity index is 587. The number of hydrogen-bond donors (Lipinski definition) is 2. The standard InChI is InChI=1S/C11H14N2O5S/c12-11(15)8-7-18-6-5-13(8)19(16,17)10-4-2-1-3-9(10)14/h1-4,8,14H,5-7H2,(H2,12,15). The zero-order chi connectivity index (χ0) is 14.0. The van der Waals surface area contributed by atoms with E-state index in [2.05, 4.69) is 0 Å². The topological polar surface area (TPSA) is 110 Å². The molecule has 7 nitrogen and oxygen atoms in total. The van der Waals surface area contributed by atoms with Crippen LogP contribution in [0, 0.1) is 0 Å². The molecular formula is C11H14N2O5S. The van der Waals surface area contributed by atoms with E-state index in [4.69, 9.17) is 10.5 Å². The number of amides is 1. The van der Waals surface area contributed by atoms with Crippen molar-refractivity contribution in [2.24, 2.45) is 5.73 Å². The average Bonchev–Trinajstić information content (AvgIpc) is 2.39. The minimum absolute atomic E-state index is 0.0181. The third kappa shape index (κ3) is 2.55. The summed E-state index contributed by atoms with van der Waals surface area (Å²) in [5.74, 6) is -1.14. The van der Waals surface area contributed by atoms with E-state index in [1.54, 1.807) is 0 Å². The number of para-hydroxylation sites is 1. The summed E-state index contributed by atoms with van der Waals surface area (Å²) in [4.78, 5) is 11.1. The lowest BCUT2D eigenvalue weighted by molar-refractivity contribution is -0.125. The van der Waals surface area contributed by atoms with Gasteiger partial charge >= 0.3 is 0 Å². The highest BCUT2D eigenvalue weighted by molar-refractivity contribution is 7.89. The number of ether oxygens (including phenoxy) is 1. The predicted octanol–water partition coefficient (Wildman–Crippen LogP) is -0.733. The minimum atomic E-state index is -3.98. The maximum absolute atomic E-state index is 12.4. The third-order valence-corrected chi connectivity index (χ3v) is 4.82. The number of hydrogen-bond acceptors (Lipinski definition) is 5. The fourth-order valence-corrected chi connectivity index (χ4v) is 3.55. The molecule has 19 heavy (non-hydrogen) atoms. The van der Waals surface area contributed by atoms with Crippen molar-refractivity contribution >= 4 is 15.9 Å². The lowest BCUT2D eigenvalue weighted by atomic mass is 10.3. The Kier molecular flexibility index (Phi) is 3.74. The summed E-state index contributed by atoms with van der Waals surface area (Å²) in [7, 11) is -3.98. The second kappa shape index (κ2) is 5.16. The molecule has 8 heteroatoms. The molecule has 3 N–H and O–H groups in total. The van der Waals surface area contributed by atoms with Crippen LogP contribution in [0.5, 0.6) is 5.75 Å². The fourth-order valence-electron chi connectivity index (χ4n) is 1.90. The number of primary amides is 1. The van der Waals surface area contributed by atoms with Crippen molar-refractivity contribution in [2.75, 3.05) is 19.8 Å². The van der Waals surface area contributed by atoms with Gasteiger partial charge in [0.05, 0.1) is 13.2 Å². The Morgan fingerprint density at radius 3 is 2.74 bits per heavy atom. The van der Waals surface area contributed by atoms with Gasteiger partial charge in [-0.25, -0.2) is 8.42 Å². The third-order valence-electron chi connectivity index (χ3n) is 2.86. The number of carbonyl (C=O) groups excluding carboxylic acids is 1. The number of sulfonamides is 1. The molecule has 0 radical (unpaired) electrons. The number of phenols is 1. The van der Waals surface area contributed by atoms with Gasteiger partial charge in [0.2, 0.25) is 15.9 Å². The van der Waals surface area contributed by atoms with Crippen LogP contribution in [0.15, 0.2) is 29.2 Å². The number of aromatic hydroxyl groups is 1. The van der Waals surface area contributed by atoms with Gasteiger partial charge < -0.3 is 15.6 Å². The number of rotatable bonds is 3. The van der Waals surface area contributed by atoms with Gasteiger partial charge in [-0.05, 0) is 12.1 Å². The summed E-state index contributed by atoms with van der Waals surface area (Å²) < 4.78 is 30.9. The molecule has 1 aromatic rings. The van der Waals surface area contributed by atoms with E-state index in [0.717, 1.165) is 4.31 Å². The van der Waals surface area contributed by atoms with E-state index < -0.39 is 22.0 Å². The summed E-state index contributed by atoms with van der Waals surface area (Å²) in [6.07, 6.45) is 0. The molecule has 0 saturated carbocycles. The van der Waals surface area contributed by atoms with E-state index in [1.807, 2.05) is 0 Å². The summed E-state index contributed by atoms with van der Waals surface area (Å²) in [6.45, 7) is 0.114. The van der Waals surface area contributed by atoms with Crippen LogP contribution < -0.4 is 5.73 Å². The van der Waals surface area contributed by atoms with Gasteiger partial charge in [0.1, 0.15) is 16.7 Å². The molecule has 0 bridgehead atoms. The number of nitrogens with two attached hydrogens (primary N) is 1. The first-order chi connectivity index (χ1) is 8.94. The quantitative estimate of drug-likeness (QED) is 0.761. The molecule has 1 saturated heterocycles. The summed E-state index contributed by atoms with van der Waals surface area (Å²) in [5.41, 5.74) is 5.18. The van der Waals surface area contributed by atoms with Crippen LogP contribution in [-0.2, 0) is 19.6 Å². The van der Waals surface area contributed by atoms with Gasteiger partial charge in [0, 0.05) is 6.54 Å². The average molecular weight is 286 g/mol. The van der Waals surface area contributed by atoms with E-state index >= 15 is 0 Å². The summed E-state index contributed by atoms with van der Waals surface area (Å²) in [6, 6.07) is 4.49. The maximum atomic E-state index is 12.4. The van der Waals surface area contributed by atoms with Crippen LogP contribution in [0.4, 0.5) is 0 Å². The molecule has 1 atom stereocenters. The Balaban J connectivity index is 2.43. The smallest absolute Gasteiger partial charge is 0.247 e. The van der Waals surface area contributed by atoms with Gasteiger partial charge in [0.25, 0.3) is 0 Å². The molecule has 0 aliphatic carbocycles. The van der Waals surface area contributed by atoms with Crippen molar-refractivity contribution in [3.05, 3.63) is 24.3 Å². The summed E-state index contributed by atoms with van der Waals surface area (Å²) >= 11 is 0. The van der Waals surface area contributed by atoms with Gasteiger partial charge in [-0.2, -0.15) is 4.31 Å². The van der Waals surface area contributed by atoms with Crippen molar-refractivity contribution in [3.63, 3.8) is 0 Å². The Morgan fingerprint density at radius 1 is 1.42 bits per heavy atom. The van der Waals surface area contributed by atoms with Gasteiger partial charge in [0.15, 0.2) is 0 Å². The van der Waals surface area contributed by atoms with Crippen LogP contribution in [0.3, 0.4) is 0 Å². The van der Waals surface area contributed by atoms with Crippen molar-refractivity contribution in [1.82, 2.24) is 4.31 Å². The second-order valence-corrected chi connectivity index (χ2v) is 5.94. The van der Waals surface area contributed by atoms with Crippen LogP contribution in [-0.4, -0.2) is 49.5 Å². The van der Waals surface area contributed by atoms with Crippen LogP contribution >= 0.6 is 0 Å². The van der Waals surface area contributed by atoms with Gasteiger partial charge in [-0.1, -0.05) is 12.1 Å². The lowest BCUT2D eigenvalue weighted by Gasteiger charge is -2.32. The molecule has 0 spiro atoms. The fraction of sp³-hybridized carbons (Fsp3) is 0.364. The molecular weight excluding hydrogens is 272 g/mol. The molecule has 1 fully saturated rings. The Morgan fingerprint density at radius 2 is 2.11 bits per heavy atom. The molecule has 0 aromatic heterocycles. The van der Waals surface area contributed by atoms with Crippen LogP contribution in [0.25, 0.3) is 0 Å². The first-order valence-corrected chi connectivity index (χ1v) is 7.05. The molecule has 104 valence electrons. The summed E-state index contributed by atoms with van der Waals surface area (Å²) in [5, 5.41) is 9.65. The molecule has 2 rings (SSSR count). The molecule has 1 aliphatic rings. The van der Waals surface area contributed by atoms with Crippen molar-refractivity contribution in [2.45, 2.75) is 10.9 Å². The monoisotopic (exact) mass is 286 g/mol. The SMILES string of the molecule is NC(=O)C1COCCN1S(=O)(=O)c1ccccc1O.